The lowest BCUT2D eigenvalue weighted by atomic mass is 10.1. The number of hydrogen-bond acceptors (Lipinski definition) is 4. The number of aromatic hydroxyl groups is 1. The quantitative estimate of drug-likeness (QED) is 0.308. The predicted molar refractivity (Wildman–Crippen MR) is 123 cm³/mol. The highest BCUT2D eigenvalue weighted by atomic mass is 79.9. The average molecular weight is 535 g/mol. The Hall–Kier alpha value is -2.35. The Labute approximate surface area is 192 Å². The molecule has 3 rings (SSSR count). The van der Waals surface area contributed by atoms with Gasteiger partial charge in [0.1, 0.15) is 11.5 Å². The van der Waals surface area contributed by atoms with Gasteiger partial charge in [0, 0.05) is 12.1 Å². The Balaban J connectivity index is 1.65. The van der Waals surface area contributed by atoms with Gasteiger partial charge in [0.15, 0.2) is 5.75 Å². The molecule has 3 N–H and O–H groups in total. The number of halogens is 2. The summed E-state index contributed by atoms with van der Waals surface area (Å²) in [6.45, 7) is 1.30. The van der Waals surface area contributed by atoms with Crippen molar-refractivity contribution in [1.29, 1.82) is 0 Å². The van der Waals surface area contributed by atoms with Crippen molar-refractivity contribution in [3.8, 4) is 17.2 Å². The maximum absolute atomic E-state index is 10.9. The van der Waals surface area contributed by atoms with Crippen LogP contribution in [0, 0.1) is 0 Å². The van der Waals surface area contributed by atoms with E-state index in [1.54, 1.807) is 30.3 Å². The average Bonchev–Trinajstić information content (AvgIpc) is 2.70. The maximum Gasteiger partial charge on any atom is 0.307 e. The number of phenols is 1. The fraction of sp³-hybridized carbons (Fsp3) is 0.174. The molecule has 0 amide bonds. The van der Waals surface area contributed by atoms with E-state index in [9.17, 15) is 9.90 Å². The van der Waals surface area contributed by atoms with Crippen molar-refractivity contribution in [2.24, 2.45) is 0 Å². The summed E-state index contributed by atoms with van der Waals surface area (Å²) in [4.78, 5) is 10.9. The summed E-state index contributed by atoms with van der Waals surface area (Å²) in [5, 5.41) is 22.5. The summed E-state index contributed by atoms with van der Waals surface area (Å²) in [6.07, 6.45) is 0.829. The highest BCUT2D eigenvalue weighted by Gasteiger charge is 2.13. The molecule has 30 heavy (non-hydrogen) atoms. The highest BCUT2D eigenvalue weighted by molar-refractivity contribution is 9.11. The first-order valence-electron chi connectivity index (χ1n) is 9.36. The fourth-order valence-electron chi connectivity index (χ4n) is 2.97. The number of hydrogen-bond donors (Lipinski definition) is 3. The van der Waals surface area contributed by atoms with Crippen LogP contribution in [0.1, 0.15) is 16.7 Å². The first kappa shape index (κ1) is 22.3. The predicted octanol–water partition coefficient (Wildman–Crippen LogP) is 5.67. The molecule has 0 bridgehead atoms. The SMILES string of the molecule is O=C(O)Cc1cc(Br)c(Oc2ccc(O)c(CNCCc3ccccc3)c2)c(Br)c1. The number of benzene rings is 3. The Morgan fingerprint density at radius 2 is 1.67 bits per heavy atom. The largest absolute Gasteiger partial charge is 0.508 e. The molecule has 0 saturated carbocycles. The lowest BCUT2D eigenvalue weighted by Gasteiger charge is -2.13. The number of aliphatic carboxylic acids is 1. The molecule has 0 unspecified atom stereocenters. The van der Waals surface area contributed by atoms with Gasteiger partial charge in [-0.2, -0.15) is 0 Å². The smallest absolute Gasteiger partial charge is 0.307 e. The summed E-state index contributed by atoms with van der Waals surface area (Å²) in [5.74, 6) is 0.410. The lowest BCUT2D eigenvalue weighted by molar-refractivity contribution is -0.136. The van der Waals surface area contributed by atoms with Crippen LogP contribution in [0.25, 0.3) is 0 Å². The fourth-order valence-corrected chi connectivity index (χ4v) is 4.41. The topological polar surface area (TPSA) is 78.8 Å². The van der Waals surface area contributed by atoms with Gasteiger partial charge in [-0.3, -0.25) is 4.79 Å². The minimum Gasteiger partial charge on any atom is -0.508 e. The van der Waals surface area contributed by atoms with Crippen molar-refractivity contribution in [3.05, 3.63) is 86.3 Å². The molecule has 0 atom stereocenters. The highest BCUT2D eigenvalue weighted by Crippen LogP contribution is 2.38. The van der Waals surface area contributed by atoms with Gasteiger partial charge in [-0.25, -0.2) is 0 Å². The number of phenolic OH excluding ortho intramolecular Hbond substituents is 1. The number of carbonyl (C=O) groups is 1. The number of nitrogens with one attached hydrogen (secondary N) is 1. The molecule has 0 heterocycles. The van der Waals surface area contributed by atoms with Crippen LogP contribution in [0.3, 0.4) is 0 Å². The van der Waals surface area contributed by atoms with Crippen LogP contribution in [0.4, 0.5) is 0 Å². The second-order valence-corrected chi connectivity index (χ2v) is 8.47. The van der Waals surface area contributed by atoms with Crippen molar-refractivity contribution in [2.45, 2.75) is 19.4 Å². The van der Waals surface area contributed by atoms with Crippen LogP contribution >= 0.6 is 31.9 Å². The van der Waals surface area contributed by atoms with E-state index in [0.717, 1.165) is 18.5 Å². The van der Waals surface area contributed by atoms with Gasteiger partial charge in [-0.05, 0) is 86.3 Å². The molecule has 5 nitrogen and oxygen atoms in total. The molecule has 3 aromatic carbocycles. The van der Waals surface area contributed by atoms with Crippen molar-refractivity contribution >= 4 is 37.8 Å². The Bertz CT molecular complexity index is 1000. The number of rotatable bonds is 9. The van der Waals surface area contributed by atoms with Gasteiger partial charge in [0.05, 0.1) is 15.4 Å². The first-order chi connectivity index (χ1) is 14.4. The van der Waals surface area contributed by atoms with Crippen molar-refractivity contribution in [3.63, 3.8) is 0 Å². The zero-order valence-corrected chi connectivity index (χ0v) is 19.2. The number of ether oxygens (including phenoxy) is 1. The second kappa shape index (κ2) is 10.6. The molecule has 3 aromatic rings. The minimum atomic E-state index is -0.898. The molecule has 7 heteroatoms. The Kier molecular flexibility index (Phi) is 7.90. The van der Waals surface area contributed by atoms with E-state index in [4.69, 9.17) is 9.84 Å². The standard InChI is InChI=1S/C23H21Br2NO4/c24-19-10-16(12-22(28)29)11-20(25)23(19)30-18-6-7-21(27)17(13-18)14-26-9-8-15-4-2-1-3-5-15/h1-7,10-11,13,26-27H,8-9,12,14H2,(H,28,29). The van der Waals surface area contributed by atoms with Crippen LogP contribution in [-0.4, -0.2) is 22.7 Å². The first-order valence-corrected chi connectivity index (χ1v) is 10.9. The molecule has 0 aliphatic rings. The monoisotopic (exact) mass is 533 g/mol. The summed E-state index contributed by atoms with van der Waals surface area (Å²) in [5.41, 5.74) is 2.64. The van der Waals surface area contributed by atoms with E-state index < -0.39 is 5.97 Å². The van der Waals surface area contributed by atoms with Crippen LogP contribution in [0.15, 0.2) is 69.6 Å². The van der Waals surface area contributed by atoms with Crippen molar-refractivity contribution < 1.29 is 19.7 Å². The van der Waals surface area contributed by atoms with Crippen molar-refractivity contribution in [2.75, 3.05) is 6.54 Å². The van der Waals surface area contributed by atoms with Gasteiger partial charge >= 0.3 is 5.97 Å². The molecule has 0 fully saturated rings. The summed E-state index contributed by atoms with van der Waals surface area (Å²) in [6, 6.07) is 18.7. The third kappa shape index (κ3) is 6.32. The summed E-state index contributed by atoms with van der Waals surface area (Å²) >= 11 is 6.88. The van der Waals surface area contributed by atoms with Gasteiger partial charge in [-0.15, -0.1) is 0 Å². The van der Waals surface area contributed by atoms with Crippen molar-refractivity contribution in [1.82, 2.24) is 5.32 Å². The molecule has 0 spiro atoms. The normalized spacial score (nSPS) is 10.7. The number of carboxylic acids is 1. The van der Waals surface area contributed by atoms with Crippen LogP contribution in [0.5, 0.6) is 17.2 Å². The zero-order valence-electron chi connectivity index (χ0n) is 16.1. The lowest BCUT2D eigenvalue weighted by Crippen LogP contribution is -2.16. The Morgan fingerprint density at radius 3 is 2.33 bits per heavy atom. The van der Waals surface area contributed by atoms with E-state index in [0.29, 0.717) is 32.6 Å². The van der Waals surface area contributed by atoms with Gasteiger partial charge in [0.25, 0.3) is 0 Å². The molecule has 0 saturated heterocycles. The maximum atomic E-state index is 10.9. The zero-order chi connectivity index (χ0) is 21.5. The molecule has 0 aliphatic heterocycles. The molecule has 156 valence electrons. The van der Waals surface area contributed by atoms with E-state index >= 15 is 0 Å². The van der Waals surface area contributed by atoms with E-state index in [-0.39, 0.29) is 12.2 Å². The third-order valence-corrected chi connectivity index (χ3v) is 5.61. The van der Waals surface area contributed by atoms with Gasteiger partial charge in [0.2, 0.25) is 0 Å². The van der Waals surface area contributed by atoms with Crippen LogP contribution in [-0.2, 0) is 24.2 Å². The molecule has 0 aliphatic carbocycles. The van der Waals surface area contributed by atoms with Crippen LogP contribution in [0.2, 0.25) is 0 Å². The van der Waals surface area contributed by atoms with E-state index in [2.05, 4.69) is 49.3 Å². The Morgan fingerprint density at radius 1 is 0.967 bits per heavy atom. The molecule has 0 radical (unpaired) electrons. The summed E-state index contributed by atoms with van der Waals surface area (Å²) in [7, 11) is 0. The van der Waals surface area contributed by atoms with E-state index in [1.807, 2.05) is 18.2 Å². The molecule has 0 aromatic heterocycles. The van der Waals surface area contributed by atoms with Gasteiger partial charge in [-0.1, -0.05) is 30.3 Å². The molecular weight excluding hydrogens is 514 g/mol. The minimum absolute atomic E-state index is 0.0739. The third-order valence-electron chi connectivity index (χ3n) is 4.43. The molecular formula is C23H21Br2NO4. The van der Waals surface area contributed by atoms with Crippen LogP contribution < -0.4 is 10.1 Å². The van der Waals surface area contributed by atoms with E-state index in [1.165, 1.54) is 5.56 Å². The second-order valence-electron chi connectivity index (χ2n) is 6.76. The number of carboxylic acid groups (broad SMARTS) is 1. The summed E-state index contributed by atoms with van der Waals surface area (Å²) < 4.78 is 7.28. The van der Waals surface area contributed by atoms with Gasteiger partial charge < -0.3 is 20.3 Å².